The van der Waals surface area contributed by atoms with Crippen molar-refractivity contribution in [2.45, 2.75) is 20.8 Å². The molecule has 0 atom stereocenters. The second-order valence-corrected chi connectivity index (χ2v) is 3.19. The van der Waals surface area contributed by atoms with E-state index in [0.29, 0.717) is 5.46 Å². The van der Waals surface area contributed by atoms with Gasteiger partial charge in [0.2, 0.25) is 0 Å². The summed E-state index contributed by atoms with van der Waals surface area (Å²) in [5.41, 5.74) is 1.47. The topological polar surface area (TPSA) is 52.5 Å². The molecule has 3 N–H and O–H groups in total. The monoisotopic (exact) mass is 209 g/mol. The zero-order chi connectivity index (χ0) is 11.7. The van der Waals surface area contributed by atoms with E-state index in [9.17, 15) is 0 Å². The molecule has 0 heterocycles. The van der Waals surface area contributed by atoms with Gasteiger partial charge in [-0.2, -0.15) is 0 Å². The van der Waals surface area contributed by atoms with E-state index < -0.39 is 7.12 Å². The van der Waals surface area contributed by atoms with Crippen LogP contribution < -0.4 is 10.8 Å². The molecule has 1 rings (SSSR count). The lowest BCUT2D eigenvalue weighted by atomic mass is 9.77. The normalized spacial score (nSPS) is 9.13. The molecule has 4 heteroatoms. The molecule has 0 aromatic heterocycles. The van der Waals surface area contributed by atoms with Crippen LogP contribution in [-0.4, -0.2) is 30.3 Å². The molecular weight excluding hydrogens is 189 g/mol. The molecule has 0 spiro atoms. The molecular formula is C11H20BNO2. The number of rotatable bonds is 3. The predicted molar refractivity (Wildman–Crippen MR) is 65.2 cm³/mol. The fraction of sp³-hybridized carbons (Fsp3) is 0.455. The molecule has 0 saturated carbocycles. The Morgan fingerprint density at radius 1 is 1.13 bits per heavy atom. The Morgan fingerprint density at radius 3 is 1.93 bits per heavy atom. The van der Waals surface area contributed by atoms with Crippen molar-refractivity contribution in [2.24, 2.45) is 0 Å². The Hall–Kier alpha value is -0.835. The lowest BCUT2D eigenvalue weighted by Crippen LogP contribution is -2.31. The molecule has 1 aromatic rings. The zero-order valence-corrected chi connectivity index (χ0v) is 9.70. The molecule has 15 heavy (non-hydrogen) atoms. The molecule has 0 aliphatic heterocycles. The maximum Gasteiger partial charge on any atom is 0.488 e. The Labute approximate surface area is 92.3 Å². The lowest BCUT2D eigenvalue weighted by Gasteiger charge is -2.01. The van der Waals surface area contributed by atoms with Crippen LogP contribution in [0.3, 0.4) is 0 Å². The highest BCUT2D eigenvalue weighted by atomic mass is 16.4. The van der Waals surface area contributed by atoms with Gasteiger partial charge in [0.05, 0.1) is 0 Å². The van der Waals surface area contributed by atoms with Crippen molar-refractivity contribution < 1.29 is 10.0 Å². The summed E-state index contributed by atoms with van der Waals surface area (Å²) in [6.07, 6.45) is 0. The van der Waals surface area contributed by atoms with Crippen molar-refractivity contribution in [2.75, 3.05) is 13.1 Å². The van der Waals surface area contributed by atoms with Crippen LogP contribution in [0.25, 0.3) is 0 Å². The first-order valence-corrected chi connectivity index (χ1v) is 5.25. The summed E-state index contributed by atoms with van der Waals surface area (Å²) in [7, 11) is -1.35. The van der Waals surface area contributed by atoms with Gasteiger partial charge in [0.25, 0.3) is 0 Å². The summed E-state index contributed by atoms with van der Waals surface area (Å²) in [5.74, 6) is 0. The van der Waals surface area contributed by atoms with E-state index in [-0.39, 0.29) is 0 Å². The minimum Gasteiger partial charge on any atom is -0.423 e. The summed E-state index contributed by atoms with van der Waals surface area (Å²) in [5, 5.41) is 20.6. The van der Waals surface area contributed by atoms with Crippen molar-refractivity contribution in [3.8, 4) is 0 Å². The molecule has 0 bridgehead atoms. The number of benzene rings is 1. The summed E-state index contributed by atoms with van der Waals surface area (Å²) in [4.78, 5) is 0. The van der Waals surface area contributed by atoms with Crippen LogP contribution in [0.4, 0.5) is 0 Å². The van der Waals surface area contributed by atoms with Crippen molar-refractivity contribution in [1.82, 2.24) is 5.32 Å². The fourth-order valence-corrected chi connectivity index (χ4v) is 1.13. The quantitative estimate of drug-likeness (QED) is 0.627. The average Bonchev–Trinajstić information content (AvgIpc) is 2.20. The Morgan fingerprint density at radius 2 is 1.67 bits per heavy atom. The van der Waals surface area contributed by atoms with Gasteiger partial charge in [-0.1, -0.05) is 43.7 Å². The fourth-order valence-electron chi connectivity index (χ4n) is 1.13. The third-order valence-corrected chi connectivity index (χ3v) is 1.97. The summed E-state index contributed by atoms with van der Waals surface area (Å²) in [6.45, 7) is 8.23. The molecule has 0 aliphatic rings. The Bertz CT molecular complexity index is 265. The highest BCUT2D eigenvalue weighted by Gasteiger charge is 2.11. The maximum absolute atomic E-state index is 8.76. The van der Waals surface area contributed by atoms with Crippen molar-refractivity contribution in [1.29, 1.82) is 0 Å². The van der Waals surface area contributed by atoms with Gasteiger partial charge < -0.3 is 15.4 Å². The van der Waals surface area contributed by atoms with Crippen molar-refractivity contribution >= 4 is 12.6 Å². The van der Waals surface area contributed by atoms with Gasteiger partial charge in [0.1, 0.15) is 0 Å². The van der Waals surface area contributed by atoms with E-state index in [4.69, 9.17) is 10.0 Å². The molecule has 0 aliphatic carbocycles. The van der Waals surface area contributed by atoms with Crippen LogP contribution in [0.5, 0.6) is 0 Å². The smallest absolute Gasteiger partial charge is 0.423 e. The van der Waals surface area contributed by atoms with E-state index in [1.165, 1.54) is 0 Å². The number of hydrogen-bond donors (Lipinski definition) is 3. The van der Waals surface area contributed by atoms with Crippen molar-refractivity contribution in [3.05, 3.63) is 29.8 Å². The van der Waals surface area contributed by atoms with Crippen LogP contribution in [-0.2, 0) is 0 Å². The van der Waals surface area contributed by atoms with E-state index in [1.54, 1.807) is 12.1 Å². The SMILES string of the molecule is CCNCC.Cc1ccccc1B(O)O. The highest BCUT2D eigenvalue weighted by molar-refractivity contribution is 6.59. The Kier molecular flexibility index (Phi) is 8.00. The van der Waals surface area contributed by atoms with Crippen LogP contribution in [0.2, 0.25) is 0 Å². The molecule has 1 aromatic carbocycles. The summed E-state index contributed by atoms with van der Waals surface area (Å²) in [6, 6.07) is 7.18. The van der Waals surface area contributed by atoms with Gasteiger partial charge in [0, 0.05) is 0 Å². The van der Waals surface area contributed by atoms with Crippen LogP contribution in [0.15, 0.2) is 24.3 Å². The van der Waals surface area contributed by atoms with Gasteiger partial charge in [-0.25, -0.2) is 0 Å². The molecule has 0 amide bonds. The third-order valence-electron chi connectivity index (χ3n) is 1.97. The maximum atomic E-state index is 8.76. The predicted octanol–water partition coefficient (Wildman–Crippen LogP) is 0.291. The van der Waals surface area contributed by atoms with Crippen LogP contribution in [0, 0.1) is 6.92 Å². The number of nitrogens with one attached hydrogen (secondary N) is 1. The van der Waals surface area contributed by atoms with E-state index in [2.05, 4.69) is 19.2 Å². The minimum atomic E-state index is -1.35. The largest absolute Gasteiger partial charge is 0.488 e. The van der Waals surface area contributed by atoms with Gasteiger partial charge in [-0.05, 0) is 25.5 Å². The highest BCUT2D eigenvalue weighted by Crippen LogP contribution is 1.92. The van der Waals surface area contributed by atoms with E-state index >= 15 is 0 Å². The van der Waals surface area contributed by atoms with Gasteiger partial charge in [-0.15, -0.1) is 0 Å². The summed E-state index contributed by atoms with van der Waals surface area (Å²) >= 11 is 0. The third kappa shape index (κ3) is 6.28. The standard InChI is InChI=1S/C7H9BO2.C4H11N/c1-6-4-2-3-5-7(6)8(9)10;1-3-5-4-2/h2-5,9-10H,1H3;5H,3-4H2,1-2H3. The van der Waals surface area contributed by atoms with Gasteiger partial charge >= 0.3 is 7.12 Å². The molecule has 0 radical (unpaired) electrons. The van der Waals surface area contributed by atoms with E-state index in [0.717, 1.165) is 18.7 Å². The average molecular weight is 209 g/mol. The van der Waals surface area contributed by atoms with Crippen molar-refractivity contribution in [3.63, 3.8) is 0 Å². The minimum absolute atomic E-state index is 0.572. The molecule has 84 valence electrons. The van der Waals surface area contributed by atoms with E-state index in [1.807, 2.05) is 19.1 Å². The van der Waals surface area contributed by atoms with Gasteiger partial charge in [0.15, 0.2) is 0 Å². The van der Waals surface area contributed by atoms with Crippen LogP contribution in [0.1, 0.15) is 19.4 Å². The second-order valence-electron chi connectivity index (χ2n) is 3.19. The zero-order valence-electron chi connectivity index (χ0n) is 9.70. The van der Waals surface area contributed by atoms with Crippen LogP contribution >= 0.6 is 0 Å². The lowest BCUT2D eigenvalue weighted by molar-refractivity contribution is 0.425. The first kappa shape index (κ1) is 14.2. The summed E-state index contributed by atoms with van der Waals surface area (Å²) < 4.78 is 0. The van der Waals surface area contributed by atoms with Gasteiger partial charge in [-0.3, -0.25) is 0 Å². The molecule has 3 nitrogen and oxygen atoms in total. The number of aryl methyl sites for hydroxylation is 1. The molecule has 0 unspecified atom stereocenters. The number of hydrogen-bond acceptors (Lipinski definition) is 3. The molecule has 0 fully saturated rings. The molecule has 0 saturated heterocycles. The Balaban J connectivity index is 0.000000336. The first-order valence-electron chi connectivity index (χ1n) is 5.25. The first-order chi connectivity index (χ1) is 7.13. The second kappa shape index (κ2) is 8.47.